The average molecular weight is 531 g/mol. The molecule has 0 heterocycles. The molecule has 0 radical (unpaired) electrons. The molecule has 0 bridgehead atoms. The van der Waals surface area contributed by atoms with Crippen molar-refractivity contribution in [3.63, 3.8) is 0 Å². The molecule has 6 aromatic rings. The van der Waals surface area contributed by atoms with E-state index < -0.39 is 21.6 Å². The Morgan fingerprint density at radius 2 is 0.789 bits per heavy atom. The van der Waals surface area contributed by atoms with Gasteiger partial charge in [-0.25, -0.2) is 8.42 Å². The third-order valence-electron chi connectivity index (χ3n) is 6.90. The lowest BCUT2D eigenvalue weighted by molar-refractivity contribution is 0.682. The van der Waals surface area contributed by atoms with E-state index in [4.69, 9.17) is 0 Å². The van der Waals surface area contributed by atoms with Crippen LogP contribution in [0.25, 0.3) is 32.7 Å². The van der Waals surface area contributed by atoms with E-state index in [2.05, 4.69) is 24.3 Å². The predicted molar refractivity (Wildman–Crippen MR) is 159 cm³/mol. The molecule has 38 heavy (non-hydrogen) atoms. The van der Waals surface area contributed by atoms with Gasteiger partial charge in [-0.3, -0.25) is 0 Å². The van der Waals surface area contributed by atoms with Crippen LogP contribution in [-0.4, -0.2) is 8.42 Å². The van der Waals surface area contributed by atoms with Gasteiger partial charge in [0, 0.05) is 20.9 Å². The molecule has 0 aromatic heterocycles. The molecular weight excluding hydrogens is 505 g/mol. The smallest absolute Gasteiger partial charge is 0.0856 e. The Hall–Kier alpha value is -3.86. The minimum atomic E-state index is -1.43. The van der Waals surface area contributed by atoms with Gasteiger partial charge in [-0.05, 0) is 71.8 Å². The van der Waals surface area contributed by atoms with E-state index in [9.17, 15) is 8.42 Å². The predicted octanol–water partition coefficient (Wildman–Crippen LogP) is 8.61. The van der Waals surface area contributed by atoms with Crippen molar-refractivity contribution in [1.29, 1.82) is 0 Å². The second-order valence-electron chi connectivity index (χ2n) is 9.48. The molecule has 0 N–H and O–H groups in total. The van der Waals surface area contributed by atoms with Crippen molar-refractivity contribution in [1.82, 2.24) is 0 Å². The van der Waals surface area contributed by atoms with Gasteiger partial charge >= 0.3 is 0 Å². The van der Waals surface area contributed by atoms with Crippen molar-refractivity contribution < 1.29 is 8.42 Å². The summed E-state index contributed by atoms with van der Waals surface area (Å²) in [6, 6.07) is 40.0. The van der Waals surface area contributed by atoms with Crippen LogP contribution in [0.4, 0.5) is 0 Å². The van der Waals surface area contributed by atoms with Gasteiger partial charge < -0.3 is 0 Å². The van der Waals surface area contributed by atoms with Crippen LogP contribution in [0.15, 0.2) is 141 Å². The SMILES string of the molecule is Cc1ccc([S@@](=O)c2ccc3ccccc3c2-c2c([S@](=O)c3ccc(C)cc3)ccc3ccccc23)cc1. The van der Waals surface area contributed by atoms with Gasteiger partial charge in [-0.15, -0.1) is 0 Å². The molecule has 0 aliphatic rings. The summed E-state index contributed by atoms with van der Waals surface area (Å²) in [5, 5.41) is 4.08. The summed E-state index contributed by atoms with van der Waals surface area (Å²) in [5.41, 5.74) is 3.98. The molecular formula is C34H26O2S2. The van der Waals surface area contributed by atoms with E-state index in [1.165, 1.54) is 0 Å². The summed E-state index contributed by atoms with van der Waals surface area (Å²) in [6.45, 7) is 4.05. The number of hydrogen-bond donors (Lipinski definition) is 0. The molecule has 0 unspecified atom stereocenters. The quantitative estimate of drug-likeness (QED) is 0.224. The molecule has 2 atom stereocenters. The van der Waals surface area contributed by atoms with E-state index in [1.54, 1.807) is 0 Å². The van der Waals surface area contributed by atoms with Crippen molar-refractivity contribution in [2.75, 3.05) is 0 Å². The zero-order valence-electron chi connectivity index (χ0n) is 21.2. The summed E-state index contributed by atoms with van der Waals surface area (Å²) >= 11 is 0. The van der Waals surface area contributed by atoms with Crippen LogP contribution in [0.5, 0.6) is 0 Å². The monoisotopic (exact) mass is 530 g/mol. The van der Waals surface area contributed by atoms with Gasteiger partial charge in [0.05, 0.1) is 31.4 Å². The lowest BCUT2D eigenvalue weighted by Gasteiger charge is -2.19. The van der Waals surface area contributed by atoms with Crippen molar-refractivity contribution in [3.05, 3.63) is 132 Å². The van der Waals surface area contributed by atoms with Crippen molar-refractivity contribution in [3.8, 4) is 11.1 Å². The molecule has 0 saturated carbocycles. The molecule has 0 aliphatic heterocycles. The number of aryl methyl sites for hydroxylation is 2. The molecule has 6 aromatic carbocycles. The molecule has 186 valence electrons. The number of benzene rings is 6. The second-order valence-corrected chi connectivity index (χ2v) is 12.4. The first-order chi connectivity index (χ1) is 18.5. The molecule has 2 nitrogen and oxygen atoms in total. The summed E-state index contributed by atoms with van der Waals surface area (Å²) in [7, 11) is -2.87. The van der Waals surface area contributed by atoms with Gasteiger partial charge in [0.25, 0.3) is 0 Å². The highest BCUT2D eigenvalue weighted by atomic mass is 32.2. The minimum absolute atomic E-state index is 0.714. The van der Waals surface area contributed by atoms with Crippen LogP contribution in [0, 0.1) is 13.8 Å². The van der Waals surface area contributed by atoms with Crippen LogP contribution < -0.4 is 0 Å². The topological polar surface area (TPSA) is 34.1 Å². The highest BCUT2D eigenvalue weighted by Crippen LogP contribution is 2.43. The minimum Gasteiger partial charge on any atom is -0.249 e. The van der Waals surface area contributed by atoms with Gasteiger partial charge in [-0.1, -0.05) is 96.1 Å². The van der Waals surface area contributed by atoms with E-state index in [-0.39, 0.29) is 0 Å². The van der Waals surface area contributed by atoms with Crippen LogP contribution in [0.3, 0.4) is 0 Å². The molecule has 4 heteroatoms. The second kappa shape index (κ2) is 10.1. The van der Waals surface area contributed by atoms with Crippen LogP contribution in [0.2, 0.25) is 0 Å². The van der Waals surface area contributed by atoms with Crippen molar-refractivity contribution in [2.45, 2.75) is 33.4 Å². The summed E-state index contributed by atoms with van der Waals surface area (Å²) < 4.78 is 28.3. The maximum Gasteiger partial charge on any atom is 0.0856 e. The molecule has 0 aliphatic carbocycles. The fourth-order valence-corrected chi connectivity index (χ4v) is 7.36. The Morgan fingerprint density at radius 3 is 1.18 bits per heavy atom. The lowest BCUT2D eigenvalue weighted by Crippen LogP contribution is -2.02. The van der Waals surface area contributed by atoms with Gasteiger partial charge in [0.1, 0.15) is 0 Å². The first-order valence-electron chi connectivity index (χ1n) is 12.5. The maximum absolute atomic E-state index is 14.2. The molecule has 0 spiro atoms. The fraction of sp³-hybridized carbons (Fsp3) is 0.0588. The highest BCUT2D eigenvalue weighted by Gasteiger charge is 2.23. The molecule has 0 saturated heterocycles. The van der Waals surface area contributed by atoms with Crippen LogP contribution in [-0.2, 0) is 21.6 Å². The molecule has 6 rings (SSSR count). The molecule has 0 fully saturated rings. The zero-order valence-corrected chi connectivity index (χ0v) is 22.8. The van der Waals surface area contributed by atoms with E-state index in [1.807, 2.05) is 111 Å². The Bertz CT molecular complexity index is 1710. The number of fused-ring (bicyclic) bond motifs is 2. The first kappa shape index (κ1) is 24.5. The van der Waals surface area contributed by atoms with Crippen LogP contribution in [0.1, 0.15) is 11.1 Å². The third kappa shape index (κ3) is 4.40. The van der Waals surface area contributed by atoms with E-state index in [0.717, 1.165) is 53.6 Å². The summed E-state index contributed by atoms with van der Waals surface area (Å²) in [5.74, 6) is 0. The average Bonchev–Trinajstić information content (AvgIpc) is 2.96. The molecule has 0 amide bonds. The Labute approximate surface area is 227 Å². The lowest BCUT2D eigenvalue weighted by atomic mass is 9.94. The normalized spacial score (nSPS) is 13.0. The Kier molecular flexibility index (Phi) is 6.52. The standard InChI is InChI=1S/C34H26O2S2/c1-23-11-17-27(18-12-23)37(35)31-21-15-25-7-3-5-9-29(25)33(31)34-30-10-6-4-8-26(30)16-22-32(34)38(36)28-19-13-24(2)14-20-28/h3-22H,1-2H3/t37-,38-/m1/s1. The third-order valence-corrected chi connectivity index (χ3v) is 9.78. The van der Waals surface area contributed by atoms with Crippen molar-refractivity contribution in [2.24, 2.45) is 0 Å². The van der Waals surface area contributed by atoms with E-state index >= 15 is 0 Å². The largest absolute Gasteiger partial charge is 0.249 e. The Morgan fingerprint density at radius 1 is 0.421 bits per heavy atom. The van der Waals surface area contributed by atoms with Gasteiger partial charge in [0.15, 0.2) is 0 Å². The number of hydrogen-bond acceptors (Lipinski definition) is 2. The Balaban J connectivity index is 1.70. The summed E-state index contributed by atoms with van der Waals surface area (Å²) in [4.78, 5) is 2.92. The highest BCUT2D eigenvalue weighted by molar-refractivity contribution is 7.85. The van der Waals surface area contributed by atoms with Gasteiger partial charge in [-0.2, -0.15) is 0 Å². The fourth-order valence-electron chi connectivity index (χ4n) is 4.91. The maximum atomic E-state index is 14.2. The van der Waals surface area contributed by atoms with Crippen LogP contribution >= 0.6 is 0 Å². The van der Waals surface area contributed by atoms with Crippen molar-refractivity contribution >= 4 is 43.1 Å². The first-order valence-corrected chi connectivity index (χ1v) is 14.8. The summed E-state index contributed by atoms with van der Waals surface area (Å²) in [6.07, 6.45) is 0. The van der Waals surface area contributed by atoms with Gasteiger partial charge in [0.2, 0.25) is 0 Å². The zero-order chi connectivity index (χ0) is 26.2. The van der Waals surface area contributed by atoms with E-state index in [0.29, 0.717) is 9.79 Å². The number of rotatable bonds is 5.